The Labute approximate surface area is 118 Å². The Hall–Kier alpha value is -2.04. The average Bonchev–Trinajstić information content (AvgIpc) is 3.27. The molecule has 1 heterocycles. The molecule has 2 aliphatic rings. The second kappa shape index (κ2) is 5.15. The third-order valence-electron chi connectivity index (χ3n) is 4.14. The van der Waals surface area contributed by atoms with Crippen LogP contribution < -0.4 is 10.6 Å². The van der Waals surface area contributed by atoms with Crippen molar-refractivity contribution in [3.63, 3.8) is 0 Å². The molecule has 1 aromatic carbocycles. The minimum absolute atomic E-state index is 0.0874. The summed E-state index contributed by atoms with van der Waals surface area (Å²) in [4.78, 5) is 24.9. The first-order chi connectivity index (χ1) is 9.70. The Morgan fingerprint density at radius 3 is 2.70 bits per heavy atom. The maximum atomic E-state index is 12.1. The van der Waals surface area contributed by atoms with E-state index < -0.39 is 0 Å². The largest absolute Gasteiger partial charge is 0.353 e. The van der Waals surface area contributed by atoms with Gasteiger partial charge in [0.2, 0.25) is 5.91 Å². The summed E-state index contributed by atoms with van der Waals surface area (Å²) in [5.74, 6) is -0.0874. The highest BCUT2D eigenvalue weighted by Crippen LogP contribution is 2.47. The summed E-state index contributed by atoms with van der Waals surface area (Å²) in [6, 6.07) is 10.2. The summed E-state index contributed by atoms with van der Waals surface area (Å²) in [5.41, 5.74) is 1.39. The highest BCUT2D eigenvalue weighted by Gasteiger charge is 2.44. The molecule has 5 heteroatoms. The van der Waals surface area contributed by atoms with Crippen molar-refractivity contribution in [1.82, 2.24) is 15.5 Å². The number of hydrogen-bond donors (Lipinski definition) is 2. The second-order valence-corrected chi connectivity index (χ2v) is 5.58. The summed E-state index contributed by atoms with van der Waals surface area (Å²) >= 11 is 0. The monoisotopic (exact) mass is 273 g/mol. The van der Waals surface area contributed by atoms with E-state index in [0.29, 0.717) is 19.6 Å². The van der Waals surface area contributed by atoms with Gasteiger partial charge in [-0.3, -0.25) is 4.79 Å². The second-order valence-electron chi connectivity index (χ2n) is 5.58. The van der Waals surface area contributed by atoms with E-state index in [0.717, 1.165) is 12.8 Å². The predicted molar refractivity (Wildman–Crippen MR) is 75.3 cm³/mol. The van der Waals surface area contributed by atoms with Crippen molar-refractivity contribution in [3.8, 4) is 0 Å². The molecule has 5 nitrogen and oxygen atoms in total. The molecular weight excluding hydrogens is 254 g/mol. The number of carbonyl (C=O) groups is 2. The van der Waals surface area contributed by atoms with E-state index in [1.807, 2.05) is 18.2 Å². The van der Waals surface area contributed by atoms with Gasteiger partial charge in [0, 0.05) is 25.0 Å². The predicted octanol–water partition coefficient (Wildman–Crippen LogP) is 0.860. The van der Waals surface area contributed by atoms with Crippen molar-refractivity contribution in [2.24, 2.45) is 0 Å². The van der Waals surface area contributed by atoms with Gasteiger partial charge in [-0.1, -0.05) is 30.3 Å². The minimum Gasteiger partial charge on any atom is -0.353 e. The van der Waals surface area contributed by atoms with E-state index in [1.165, 1.54) is 5.56 Å². The lowest BCUT2D eigenvalue weighted by Gasteiger charge is -2.27. The Kier molecular flexibility index (Phi) is 3.34. The molecule has 1 saturated heterocycles. The van der Waals surface area contributed by atoms with E-state index in [-0.39, 0.29) is 23.9 Å². The summed E-state index contributed by atoms with van der Waals surface area (Å²) in [6.07, 6.45) is 2.22. The molecule has 0 unspecified atom stereocenters. The number of rotatable bonds is 3. The van der Waals surface area contributed by atoms with Gasteiger partial charge in [-0.25, -0.2) is 4.79 Å². The Bertz CT molecular complexity index is 511. The molecule has 1 aliphatic heterocycles. The molecule has 3 amide bonds. The van der Waals surface area contributed by atoms with Crippen LogP contribution in [0.4, 0.5) is 4.79 Å². The molecule has 2 N–H and O–H groups in total. The van der Waals surface area contributed by atoms with Crippen LogP contribution in [0.25, 0.3) is 0 Å². The standard InChI is InChI=1S/C15H19N3O2/c19-13-10-18(9-8-16-13)14(20)17-11-15(6-7-15)12-4-2-1-3-5-12/h1-5H,6-11H2,(H,16,19)(H,17,20). The smallest absolute Gasteiger partial charge is 0.317 e. The first-order valence-corrected chi connectivity index (χ1v) is 7.05. The molecule has 0 spiro atoms. The van der Waals surface area contributed by atoms with Crippen molar-refractivity contribution in [3.05, 3.63) is 35.9 Å². The molecule has 0 aromatic heterocycles. The highest BCUT2D eigenvalue weighted by molar-refractivity contribution is 5.85. The van der Waals surface area contributed by atoms with Crippen molar-refractivity contribution in [2.75, 3.05) is 26.2 Å². The lowest BCUT2D eigenvalue weighted by atomic mass is 9.96. The number of carbonyl (C=O) groups excluding carboxylic acids is 2. The van der Waals surface area contributed by atoms with Crippen LogP contribution in [-0.2, 0) is 10.2 Å². The van der Waals surface area contributed by atoms with Gasteiger partial charge in [0.1, 0.15) is 6.54 Å². The molecule has 0 atom stereocenters. The quantitative estimate of drug-likeness (QED) is 0.858. The highest BCUT2D eigenvalue weighted by atomic mass is 16.2. The number of piperazine rings is 1. The molecule has 106 valence electrons. The maximum absolute atomic E-state index is 12.1. The van der Waals surface area contributed by atoms with Gasteiger partial charge in [0.25, 0.3) is 0 Å². The molecule has 1 saturated carbocycles. The van der Waals surface area contributed by atoms with Crippen LogP contribution in [0.1, 0.15) is 18.4 Å². The number of nitrogens with one attached hydrogen (secondary N) is 2. The van der Waals surface area contributed by atoms with Crippen LogP contribution in [0.15, 0.2) is 30.3 Å². The third-order valence-corrected chi connectivity index (χ3v) is 4.14. The van der Waals surface area contributed by atoms with Gasteiger partial charge >= 0.3 is 6.03 Å². The fourth-order valence-electron chi connectivity index (χ4n) is 2.68. The van der Waals surface area contributed by atoms with E-state index in [1.54, 1.807) is 4.90 Å². The molecule has 1 aliphatic carbocycles. The van der Waals surface area contributed by atoms with Crippen LogP contribution in [0.5, 0.6) is 0 Å². The van der Waals surface area contributed by atoms with Crippen LogP contribution >= 0.6 is 0 Å². The van der Waals surface area contributed by atoms with Gasteiger partial charge in [-0.05, 0) is 18.4 Å². The zero-order chi connectivity index (χ0) is 14.0. The number of urea groups is 1. The van der Waals surface area contributed by atoms with Gasteiger partial charge < -0.3 is 15.5 Å². The number of benzene rings is 1. The van der Waals surface area contributed by atoms with E-state index in [9.17, 15) is 9.59 Å². The minimum atomic E-state index is -0.137. The lowest BCUT2D eigenvalue weighted by molar-refractivity contribution is -0.123. The fraction of sp³-hybridized carbons (Fsp3) is 0.467. The Morgan fingerprint density at radius 2 is 2.05 bits per heavy atom. The van der Waals surface area contributed by atoms with Crippen LogP contribution in [0.3, 0.4) is 0 Å². The van der Waals surface area contributed by atoms with Crippen molar-refractivity contribution >= 4 is 11.9 Å². The van der Waals surface area contributed by atoms with Gasteiger partial charge in [0.05, 0.1) is 0 Å². The molecule has 0 bridgehead atoms. The molecule has 20 heavy (non-hydrogen) atoms. The van der Waals surface area contributed by atoms with Crippen LogP contribution in [0.2, 0.25) is 0 Å². The van der Waals surface area contributed by atoms with Crippen LogP contribution in [-0.4, -0.2) is 43.0 Å². The first kappa shape index (κ1) is 13.0. The molecular formula is C15H19N3O2. The molecule has 0 radical (unpaired) electrons. The summed E-state index contributed by atoms with van der Waals surface area (Å²) in [6.45, 7) is 1.92. The summed E-state index contributed by atoms with van der Waals surface area (Å²) in [7, 11) is 0. The summed E-state index contributed by atoms with van der Waals surface area (Å²) in [5, 5.41) is 5.70. The molecule has 1 aromatic rings. The van der Waals surface area contributed by atoms with E-state index >= 15 is 0 Å². The topological polar surface area (TPSA) is 61.4 Å². The third kappa shape index (κ3) is 2.61. The Morgan fingerprint density at radius 1 is 1.30 bits per heavy atom. The molecule has 3 rings (SSSR count). The van der Waals surface area contributed by atoms with E-state index in [4.69, 9.17) is 0 Å². The van der Waals surface area contributed by atoms with Gasteiger partial charge in [-0.15, -0.1) is 0 Å². The fourth-order valence-corrected chi connectivity index (χ4v) is 2.68. The lowest BCUT2D eigenvalue weighted by Crippen LogP contribution is -2.53. The normalized spacial score (nSPS) is 20.2. The number of nitrogens with zero attached hydrogens (tertiary/aromatic N) is 1. The van der Waals surface area contributed by atoms with E-state index in [2.05, 4.69) is 22.8 Å². The average molecular weight is 273 g/mol. The molecule has 2 fully saturated rings. The van der Waals surface area contributed by atoms with Crippen molar-refractivity contribution in [2.45, 2.75) is 18.3 Å². The van der Waals surface area contributed by atoms with Gasteiger partial charge in [0.15, 0.2) is 0 Å². The summed E-state index contributed by atoms with van der Waals surface area (Å²) < 4.78 is 0. The van der Waals surface area contributed by atoms with Gasteiger partial charge in [-0.2, -0.15) is 0 Å². The zero-order valence-corrected chi connectivity index (χ0v) is 11.4. The van der Waals surface area contributed by atoms with Crippen LogP contribution in [0, 0.1) is 0 Å². The number of hydrogen-bond acceptors (Lipinski definition) is 2. The number of amides is 3. The Balaban J connectivity index is 1.57. The van der Waals surface area contributed by atoms with Crippen molar-refractivity contribution in [1.29, 1.82) is 0 Å². The SMILES string of the molecule is O=C1CN(C(=O)NCC2(c3ccccc3)CC2)CCN1. The maximum Gasteiger partial charge on any atom is 0.317 e. The zero-order valence-electron chi connectivity index (χ0n) is 11.4. The van der Waals surface area contributed by atoms with Crippen molar-refractivity contribution < 1.29 is 9.59 Å². The first-order valence-electron chi connectivity index (χ1n) is 7.05.